The number of ether oxygens (including phenoxy) is 1. The Hall–Kier alpha value is -1.52. The van der Waals surface area contributed by atoms with Gasteiger partial charge in [0, 0.05) is 13.0 Å². The van der Waals surface area contributed by atoms with Gasteiger partial charge in [-0.15, -0.1) is 0 Å². The van der Waals surface area contributed by atoms with Gasteiger partial charge in [-0.3, -0.25) is 4.90 Å². The number of likely N-dealkylation sites (tertiary alicyclic amines) is 1. The van der Waals surface area contributed by atoms with Gasteiger partial charge in [0.1, 0.15) is 0 Å². The van der Waals surface area contributed by atoms with Gasteiger partial charge < -0.3 is 15.6 Å². The average Bonchev–Trinajstić information content (AvgIpc) is 2.62. The highest BCUT2D eigenvalue weighted by atomic mass is 16.5. The molecule has 136 valence electrons. The van der Waals surface area contributed by atoms with Crippen LogP contribution in [0.3, 0.4) is 0 Å². The predicted molar refractivity (Wildman–Crippen MR) is 102 cm³/mol. The number of rotatable bonds is 10. The topological polar surface area (TPSA) is 58.7 Å². The molecule has 0 aliphatic carbocycles. The number of hydrogen-bond donors (Lipinski definition) is 2. The number of hydrogen-bond acceptors (Lipinski definition) is 4. The molecule has 1 saturated heterocycles. The molecule has 1 heterocycles. The molecule has 0 amide bonds. The van der Waals surface area contributed by atoms with Crippen molar-refractivity contribution in [2.75, 3.05) is 32.8 Å². The first-order valence-corrected chi connectivity index (χ1v) is 9.06. The summed E-state index contributed by atoms with van der Waals surface area (Å²) in [7, 11) is 0. The minimum Gasteiger partial charge on any atom is -0.512 e. The quantitative estimate of drug-likeness (QED) is 0.361. The molecule has 1 fully saturated rings. The van der Waals surface area contributed by atoms with Crippen molar-refractivity contribution in [1.29, 1.82) is 0 Å². The molecule has 0 spiro atoms. The highest BCUT2D eigenvalue weighted by Crippen LogP contribution is 2.15. The van der Waals surface area contributed by atoms with E-state index in [1.165, 1.54) is 18.4 Å². The van der Waals surface area contributed by atoms with Crippen LogP contribution in [0.15, 0.2) is 48.0 Å². The van der Waals surface area contributed by atoms with E-state index in [-0.39, 0.29) is 0 Å². The first-order chi connectivity index (χ1) is 11.7. The lowest BCUT2D eigenvalue weighted by molar-refractivity contribution is 0.200. The van der Waals surface area contributed by atoms with Gasteiger partial charge in [0.15, 0.2) is 0 Å². The van der Waals surface area contributed by atoms with Crippen molar-refractivity contribution in [3.63, 3.8) is 0 Å². The normalized spacial score (nSPS) is 18.8. The Bertz CT molecular complexity index is 445. The molecule has 4 nitrogen and oxygen atoms in total. The highest BCUT2D eigenvalue weighted by molar-refractivity contribution is 5.14. The molecule has 0 bridgehead atoms. The molecule has 1 aliphatic rings. The Morgan fingerprint density at radius 3 is 2.67 bits per heavy atom. The standard InChI is InChI=1S/C20H34N2O2/c1-3-18(2)7-5-4-6-15-24-16-11-20(23)10-14-22-12-8-19(17-21)9-13-22/h4-7,10,15,19,23H,3,8-9,11-14,16-17,21H2,1-2H3/b5-4-,15-6+,18-7-,20-10-. The van der Waals surface area contributed by atoms with E-state index in [1.807, 2.05) is 24.3 Å². The molecular formula is C20H34N2O2. The van der Waals surface area contributed by atoms with E-state index in [4.69, 9.17) is 10.5 Å². The van der Waals surface area contributed by atoms with Crippen LogP contribution in [-0.2, 0) is 4.74 Å². The van der Waals surface area contributed by atoms with Crippen molar-refractivity contribution in [2.24, 2.45) is 11.7 Å². The molecule has 4 heteroatoms. The fraction of sp³-hybridized carbons (Fsp3) is 0.600. The van der Waals surface area contributed by atoms with Crippen LogP contribution < -0.4 is 5.73 Å². The zero-order valence-electron chi connectivity index (χ0n) is 15.3. The number of allylic oxidation sites excluding steroid dienone is 5. The van der Waals surface area contributed by atoms with E-state index in [0.717, 1.165) is 32.6 Å². The summed E-state index contributed by atoms with van der Waals surface area (Å²) in [5.41, 5.74) is 7.05. The maximum atomic E-state index is 9.90. The van der Waals surface area contributed by atoms with E-state index >= 15 is 0 Å². The van der Waals surface area contributed by atoms with Crippen molar-refractivity contribution in [2.45, 2.75) is 39.5 Å². The summed E-state index contributed by atoms with van der Waals surface area (Å²) < 4.78 is 5.38. The van der Waals surface area contributed by atoms with Crippen molar-refractivity contribution < 1.29 is 9.84 Å². The fourth-order valence-electron chi connectivity index (χ4n) is 2.48. The SMILES string of the molecule is CC\C(C)=C/C=C\C=C\OCC/C(O)=C/CN1CCC(CN)CC1. The van der Waals surface area contributed by atoms with E-state index in [2.05, 4.69) is 24.8 Å². The third-order valence-electron chi connectivity index (χ3n) is 4.44. The molecule has 0 aromatic carbocycles. The Labute approximate surface area is 147 Å². The first-order valence-electron chi connectivity index (χ1n) is 9.06. The maximum Gasteiger partial charge on any atom is 0.0943 e. The molecule has 0 aromatic rings. The molecule has 1 aliphatic heterocycles. The van der Waals surface area contributed by atoms with Crippen LogP contribution in [0.25, 0.3) is 0 Å². The van der Waals surface area contributed by atoms with Gasteiger partial charge in [0.05, 0.1) is 18.6 Å². The predicted octanol–water partition coefficient (Wildman–Crippen LogP) is 3.93. The summed E-state index contributed by atoms with van der Waals surface area (Å²) in [6.07, 6.45) is 15.4. The lowest BCUT2D eigenvalue weighted by Crippen LogP contribution is -2.36. The number of aliphatic hydroxyl groups excluding tert-OH is 1. The Morgan fingerprint density at radius 1 is 1.25 bits per heavy atom. The molecule has 3 N–H and O–H groups in total. The summed E-state index contributed by atoms with van der Waals surface area (Å²) in [6, 6.07) is 0. The van der Waals surface area contributed by atoms with Gasteiger partial charge in [-0.25, -0.2) is 0 Å². The molecule has 0 saturated carbocycles. The van der Waals surface area contributed by atoms with Crippen LogP contribution in [0.1, 0.15) is 39.5 Å². The monoisotopic (exact) mass is 334 g/mol. The number of nitrogens with zero attached hydrogens (tertiary/aromatic N) is 1. The zero-order chi connectivity index (χ0) is 17.6. The molecular weight excluding hydrogens is 300 g/mol. The third-order valence-corrected chi connectivity index (χ3v) is 4.44. The Balaban J connectivity index is 2.12. The van der Waals surface area contributed by atoms with Crippen molar-refractivity contribution in [1.82, 2.24) is 4.90 Å². The largest absolute Gasteiger partial charge is 0.512 e. The van der Waals surface area contributed by atoms with Gasteiger partial charge in [0.25, 0.3) is 0 Å². The van der Waals surface area contributed by atoms with Crippen molar-refractivity contribution in [3.05, 3.63) is 48.0 Å². The van der Waals surface area contributed by atoms with Crippen LogP contribution in [-0.4, -0.2) is 42.8 Å². The van der Waals surface area contributed by atoms with E-state index in [0.29, 0.717) is 24.7 Å². The zero-order valence-corrected chi connectivity index (χ0v) is 15.3. The number of nitrogens with two attached hydrogens (primary N) is 1. The second-order valence-corrected chi connectivity index (χ2v) is 6.38. The van der Waals surface area contributed by atoms with Gasteiger partial charge >= 0.3 is 0 Å². The number of piperidine rings is 1. The van der Waals surface area contributed by atoms with Gasteiger partial charge in [-0.1, -0.05) is 30.7 Å². The van der Waals surface area contributed by atoms with E-state index < -0.39 is 0 Å². The van der Waals surface area contributed by atoms with Crippen LogP contribution in [0.4, 0.5) is 0 Å². The summed E-state index contributed by atoms with van der Waals surface area (Å²) in [5.74, 6) is 1.08. The van der Waals surface area contributed by atoms with Crippen molar-refractivity contribution >= 4 is 0 Å². The Kier molecular flexibility index (Phi) is 11.0. The van der Waals surface area contributed by atoms with E-state index in [9.17, 15) is 5.11 Å². The molecule has 24 heavy (non-hydrogen) atoms. The van der Waals surface area contributed by atoms with Crippen molar-refractivity contribution in [3.8, 4) is 0 Å². The van der Waals surface area contributed by atoms with Gasteiger partial charge in [-0.2, -0.15) is 0 Å². The molecule has 1 rings (SSSR count). The van der Waals surface area contributed by atoms with Crippen LogP contribution >= 0.6 is 0 Å². The van der Waals surface area contributed by atoms with Crippen LogP contribution in [0, 0.1) is 5.92 Å². The summed E-state index contributed by atoms with van der Waals surface area (Å²) >= 11 is 0. The lowest BCUT2D eigenvalue weighted by Gasteiger charge is -2.30. The molecule has 0 unspecified atom stereocenters. The minimum absolute atomic E-state index is 0.404. The second kappa shape index (κ2) is 12.8. The Morgan fingerprint density at radius 2 is 2.00 bits per heavy atom. The molecule has 0 atom stereocenters. The highest BCUT2D eigenvalue weighted by Gasteiger charge is 2.16. The third kappa shape index (κ3) is 9.58. The second-order valence-electron chi connectivity index (χ2n) is 6.38. The van der Waals surface area contributed by atoms with Crippen LogP contribution in [0.5, 0.6) is 0 Å². The van der Waals surface area contributed by atoms with E-state index in [1.54, 1.807) is 6.26 Å². The molecule has 0 radical (unpaired) electrons. The minimum atomic E-state index is 0.404. The first kappa shape index (κ1) is 20.5. The molecule has 0 aromatic heterocycles. The summed E-state index contributed by atoms with van der Waals surface area (Å²) in [6.45, 7) is 8.49. The average molecular weight is 335 g/mol. The lowest BCUT2D eigenvalue weighted by atomic mass is 9.97. The summed E-state index contributed by atoms with van der Waals surface area (Å²) in [4.78, 5) is 2.36. The maximum absolute atomic E-state index is 9.90. The van der Waals surface area contributed by atoms with Gasteiger partial charge in [-0.05, 0) is 63.9 Å². The van der Waals surface area contributed by atoms with Gasteiger partial charge in [0.2, 0.25) is 0 Å². The van der Waals surface area contributed by atoms with Crippen LogP contribution in [0.2, 0.25) is 0 Å². The summed E-state index contributed by atoms with van der Waals surface area (Å²) in [5, 5.41) is 9.90. The smallest absolute Gasteiger partial charge is 0.0943 e. The fourth-order valence-corrected chi connectivity index (χ4v) is 2.48. The number of aliphatic hydroxyl groups is 1.